The van der Waals surface area contributed by atoms with E-state index in [1.165, 1.54) is 7.11 Å². The van der Waals surface area contributed by atoms with Crippen molar-refractivity contribution in [2.45, 2.75) is 32.9 Å². The van der Waals surface area contributed by atoms with Crippen LogP contribution in [0.15, 0.2) is 18.2 Å². The highest BCUT2D eigenvalue weighted by Gasteiger charge is 2.15. The van der Waals surface area contributed by atoms with Gasteiger partial charge in [0.05, 0.1) is 7.11 Å². The molecule has 3 atom stereocenters. The molecule has 3 N–H and O–H groups in total. The highest BCUT2D eigenvalue weighted by atomic mass is 16.5. The third kappa shape index (κ3) is 3.62. The van der Waals surface area contributed by atoms with Crippen molar-refractivity contribution in [2.24, 2.45) is 5.92 Å². The van der Waals surface area contributed by atoms with Gasteiger partial charge < -0.3 is 20.3 Å². The van der Waals surface area contributed by atoms with Crippen molar-refractivity contribution in [3.8, 4) is 11.5 Å². The van der Waals surface area contributed by atoms with Gasteiger partial charge >= 0.3 is 0 Å². The molecule has 0 aliphatic heterocycles. The number of benzene rings is 1. The number of hydrogen-bond acceptors (Lipinski definition) is 4. The molecule has 0 amide bonds. The third-order valence-corrected chi connectivity index (χ3v) is 3.36. The van der Waals surface area contributed by atoms with Crippen molar-refractivity contribution in [3.63, 3.8) is 0 Å². The number of aromatic hydroxyl groups is 1. The summed E-state index contributed by atoms with van der Waals surface area (Å²) in [5, 5.41) is 22.1. The van der Waals surface area contributed by atoms with E-state index in [4.69, 9.17) is 9.84 Å². The lowest BCUT2D eigenvalue weighted by atomic mass is 10.0. The number of aliphatic hydroxyl groups is 1. The quantitative estimate of drug-likeness (QED) is 0.726. The molecule has 0 fully saturated rings. The molecule has 0 saturated heterocycles. The topological polar surface area (TPSA) is 61.7 Å². The van der Waals surface area contributed by atoms with Crippen molar-refractivity contribution in [3.05, 3.63) is 23.8 Å². The highest BCUT2D eigenvalue weighted by Crippen LogP contribution is 2.29. The second kappa shape index (κ2) is 6.61. The maximum Gasteiger partial charge on any atom is 0.160 e. The summed E-state index contributed by atoms with van der Waals surface area (Å²) in [6.45, 7) is 6.27. The first-order valence-corrected chi connectivity index (χ1v) is 6.23. The summed E-state index contributed by atoms with van der Waals surface area (Å²) in [6.07, 6.45) is 0. The number of nitrogens with one attached hydrogen (secondary N) is 1. The maximum absolute atomic E-state index is 9.55. The lowest BCUT2D eigenvalue weighted by molar-refractivity contribution is 0.202. The van der Waals surface area contributed by atoms with Crippen LogP contribution in [0.1, 0.15) is 32.4 Å². The van der Waals surface area contributed by atoms with Crippen LogP contribution < -0.4 is 10.1 Å². The molecular formula is C14H23NO3. The highest BCUT2D eigenvalue weighted by molar-refractivity contribution is 5.42. The van der Waals surface area contributed by atoms with Gasteiger partial charge in [0.15, 0.2) is 11.5 Å². The van der Waals surface area contributed by atoms with Crippen LogP contribution in [0, 0.1) is 5.92 Å². The number of aliphatic hydroxyl groups excluding tert-OH is 1. The van der Waals surface area contributed by atoms with E-state index in [9.17, 15) is 5.11 Å². The molecule has 1 aromatic carbocycles. The van der Waals surface area contributed by atoms with E-state index in [0.717, 1.165) is 5.56 Å². The number of methoxy groups -OCH3 is 1. The van der Waals surface area contributed by atoms with Crippen LogP contribution in [0.4, 0.5) is 0 Å². The molecule has 4 nitrogen and oxygen atoms in total. The van der Waals surface area contributed by atoms with Gasteiger partial charge in [0, 0.05) is 18.7 Å². The van der Waals surface area contributed by atoms with Crippen LogP contribution >= 0.6 is 0 Å². The van der Waals surface area contributed by atoms with Gasteiger partial charge in [-0.25, -0.2) is 0 Å². The van der Waals surface area contributed by atoms with Gasteiger partial charge in [0.2, 0.25) is 0 Å². The van der Waals surface area contributed by atoms with E-state index in [2.05, 4.69) is 12.2 Å². The average molecular weight is 253 g/mol. The van der Waals surface area contributed by atoms with E-state index < -0.39 is 0 Å². The normalized spacial score (nSPS) is 16.1. The summed E-state index contributed by atoms with van der Waals surface area (Å²) in [6, 6.07) is 5.66. The zero-order valence-electron chi connectivity index (χ0n) is 11.5. The van der Waals surface area contributed by atoms with Crippen LogP contribution in [-0.4, -0.2) is 30.0 Å². The van der Waals surface area contributed by atoms with E-state index in [1.54, 1.807) is 6.07 Å². The number of ether oxygens (including phenoxy) is 1. The molecule has 3 unspecified atom stereocenters. The number of phenolic OH excluding ortho intramolecular Hbond substituents is 1. The summed E-state index contributed by atoms with van der Waals surface area (Å²) >= 11 is 0. The van der Waals surface area contributed by atoms with Gasteiger partial charge in [0.25, 0.3) is 0 Å². The van der Waals surface area contributed by atoms with Gasteiger partial charge in [-0.1, -0.05) is 13.0 Å². The van der Waals surface area contributed by atoms with Gasteiger partial charge in [0.1, 0.15) is 0 Å². The number of rotatable bonds is 6. The van der Waals surface area contributed by atoms with Gasteiger partial charge in [-0.15, -0.1) is 0 Å². The number of phenols is 1. The molecule has 0 spiro atoms. The van der Waals surface area contributed by atoms with Crippen LogP contribution in [0.5, 0.6) is 11.5 Å². The van der Waals surface area contributed by atoms with E-state index in [-0.39, 0.29) is 30.4 Å². The Morgan fingerprint density at radius 2 is 1.94 bits per heavy atom. The SMILES string of the molecule is COc1cc(C(C)NC(C)C(C)CO)ccc1O. The molecule has 102 valence electrons. The molecule has 0 aliphatic carbocycles. The molecule has 0 bridgehead atoms. The molecule has 0 radical (unpaired) electrons. The molecule has 18 heavy (non-hydrogen) atoms. The molecule has 0 heterocycles. The average Bonchev–Trinajstić information content (AvgIpc) is 2.37. The smallest absolute Gasteiger partial charge is 0.160 e. The largest absolute Gasteiger partial charge is 0.504 e. The summed E-state index contributed by atoms with van der Waals surface area (Å²) in [4.78, 5) is 0. The number of hydrogen-bond donors (Lipinski definition) is 3. The van der Waals surface area contributed by atoms with E-state index in [0.29, 0.717) is 5.75 Å². The molecule has 0 aliphatic rings. The Morgan fingerprint density at radius 1 is 1.28 bits per heavy atom. The van der Waals surface area contributed by atoms with Crippen molar-refractivity contribution < 1.29 is 14.9 Å². The molecular weight excluding hydrogens is 230 g/mol. The van der Waals surface area contributed by atoms with E-state index in [1.807, 2.05) is 26.0 Å². The predicted molar refractivity (Wildman–Crippen MR) is 71.9 cm³/mol. The van der Waals surface area contributed by atoms with Crippen molar-refractivity contribution >= 4 is 0 Å². The Labute approximate surface area is 109 Å². The molecule has 1 aromatic rings. The van der Waals surface area contributed by atoms with Crippen molar-refractivity contribution in [1.82, 2.24) is 5.32 Å². The minimum absolute atomic E-state index is 0.128. The Hall–Kier alpha value is -1.26. The molecule has 0 aromatic heterocycles. The molecule has 1 rings (SSSR count). The lowest BCUT2D eigenvalue weighted by Crippen LogP contribution is -2.35. The third-order valence-electron chi connectivity index (χ3n) is 3.36. The summed E-state index contributed by atoms with van der Waals surface area (Å²) in [5.41, 5.74) is 1.04. The Balaban J connectivity index is 2.75. The van der Waals surface area contributed by atoms with Crippen LogP contribution in [0.2, 0.25) is 0 Å². The van der Waals surface area contributed by atoms with Gasteiger partial charge in [-0.2, -0.15) is 0 Å². The summed E-state index contributed by atoms with van der Waals surface area (Å²) < 4.78 is 5.09. The lowest BCUT2D eigenvalue weighted by Gasteiger charge is -2.24. The van der Waals surface area contributed by atoms with Gasteiger partial charge in [-0.05, 0) is 37.5 Å². The first-order valence-electron chi connectivity index (χ1n) is 6.23. The fraction of sp³-hybridized carbons (Fsp3) is 0.571. The van der Waals surface area contributed by atoms with Crippen LogP contribution in [-0.2, 0) is 0 Å². The maximum atomic E-state index is 9.55. The summed E-state index contributed by atoms with van der Waals surface area (Å²) in [7, 11) is 1.54. The monoisotopic (exact) mass is 253 g/mol. The fourth-order valence-electron chi connectivity index (χ4n) is 1.78. The second-order valence-corrected chi connectivity index (χ2v) is 4.77. The second-order valence-electron chi connectivity index (χ2n) is 4.77. The Morgan fingerprint density at radius 3 is 2.50 bits per heavy atom. The van der Waals surface area contributed by atoms with Crippen molar-refractivity contribution in [1.29, 1.82) is 0 Å². The fourth-order valence-corrected chi connectivity index (χ4v) is 1.78. The van der Waals surface area contributed by atoms with E-state index >= 15 is 0 Å². The first kappa shape index (κ1) is 14.8. The standard InChI is InChI=1S/C14H23NO3/c1-9(8-16)10(2)15-11(3)12-5-6-13(17)14(7-12)18-4/h5-7,9-11,15-17H,8H2,1-4H3. The van der Waals surface area contributed by atoms with Crippen LogP contribution in [0.3, 0.4) is 0 Å². The Kier molecular flexibility index (Phi) is 5.44. The minimum Gasteiger partial charge on any atom is -0.504 e. The molecule has 4 heteroatoms. The summed E-state index contributed by atoms with van der Waals surface area (Å²) in [5.74, 6) is 0.820. The molecule has 0 saturated carbocycles. The minimum atomic E-state index is 0.128. The van der Waals surface area contributed by atoms with Crippen LogP contribution in [0.25, 0.3) is 0 Å². The zero-order valence-corrected chi connectivity index (χ0v) is 11.5. The van der Waals surface area contributed by atoms with Crippen molar-refractivity contribution in [2.75, 3.05) is 13.7 Å². The first-order chi connectivity index (χ1) is 8.49. The van der Waals surface area contributed by atoms with Gasteiger partial charge in [-0.3, -0.25) is 0 Å². The zero-order chi connectivity index (χ0) is 13.7. The Bertz CT molecular complexity index is 381. The predicted octanol–water partition coefficient (Wildman–Crippen LogP) is 2.07.